The van der Waals surface area contributed by atoms with E-state index in [2.05, 4.69) is 55.4 Å². The second-order valence-electron chi connectivity index (χ2n) is 4.62. The van der Waals surface area contributed by atoms with Crippen molar-refractivity contribution in [2.45, 2.75) is 39.5 Å². The van der Waals surface area contributed by atoms with Gasteiger partial charge in [0.2, 0.25) is 0 Å². The zero-order valence-electron chi connectivity index (χ0n) is 10.7. The van der Waals surface area contributed by atoms with Crippen LogP contribution in [0.3, 0.4) is 0 Å². The van der Waals surface area contributed by atoms with Crippen LogP contribution in [-0.2, 0) is 12.8 Å². The van der Waals surface area contributed by atoms with Gasteiger partial charge in [0, 0.05) is 11.3 Å². The van der Waals surface area contributed by atoms with Crippen LogP contribution < -0.4 is 0 Å². The maximum absolute atomic E-state index is 4.66. The van der Waals surface area contributed by atoms with Crippen molar-refractivity contribution in [3.05, 3.63) is 51.5 Å². The van der Waals surface area contributed by atoms with E-state index in [-0.39, 0.29) is 0 Å². The van der Waals surface area contributed by atoms with Gasteiger partial charge in [-0.15, -0.1) is 11.3 Å². The van der Waals surface area contributed by atoms with Gasteiger partial charge in [-0.1, -0.05) is 43.7 Å². The molecule has 90 valence electrons. The summed E-state index contributed by atoms with van der Waals surface area (Å²) in [5.74, 6) is 0.517. The van der Waals surface area contributed by atoms with E-state index in [1.807, 2.05) is 0 Å². The first-order chi connectivity index (χ1) is 8.19. The summed E-state index contributed by atoms with van der Waals surface area (Å²) in [6, 6.07) is 8.81. The van der Waals surface area contributed by atoms with Gasteiger partial charge in [0.05, 0.1) is 10.7 Å². The van der Waals surface area contributed by atoms with E-state index < -0.39 is 0 Å². The summed E-state index contributed by atoms with van der Waals surface area (Å²) in [6.07, 6.45) is 2.12. The highest BCUT2D eigenvalue weighted by Gasteiger charge is 2.10. The first-order valence-corrected chi connectivity index (χ1v) is 7.07. The molecule has 0 amide bonds. The number of aryl methyl sites for hydroxylation is 2. The number of rotatable bonds is 4. The van der Waals surface area contributed by atoms with E-state index in [1.165, 1.54) is 21.8 Å². The van der Waals surface area contributed by atoms with Crippen molar-refractivity contribution in [3.63, 3.8) is 0 Å². The molecule has 0 aliphatic heterocycles. The summed E-state index contributed by atoms with van der Waals surface area (Å²) in [4.78, 5) is 4.66. The number of thiazole rings is 1. The first kappa shape index (κ1) is 12.3. The molecule has 0 aliphatic carbocycles. The van der Waals surface area contributed by atoms with Crippen LogP contribution >= 0.6 is 11.3 Å². The third-order valence-corrected chi connectivity index (χ3v) is 4.14. The molecule has 0 N–H and O–H groups in total. The zero-order valence-corrected chi connectivity index (χ0v) is 11.6. The summed E-state index contributed by atoms with van der Waals surface area (Å²) < 4.78 is 0. The minimum absolute atomic E-state index is 0.517. The maximum atomic E-state index is 4.66. The highest BCUT2D eigenvalue weighted by atomic mass is 32.1. The molecular formula is C15H19NS. The van der Waals surface area contributed by atoms with E-state index >= 15 is 0 Å². The molecule has 2 rings (SSSR count). The second-order valence-corrected chi connectivity index (χ2v) is 5.51. The number of aromatic nitrogens is 1. The average molecular weight is 245 g/mol. The molecule has 17 heavy (non-hydrogen) atoms. The highest BCUT2D eigenvalue weighted by molar-refractivity contribution is 7.09. The van der Waals surface area contributed by atoms with Gasteiger partial charge >= 0.3 is 0 Å². The minimum Gasteiger partial charge on any atom is -0.246 e. The van der Waals surface area contributed by atoms with Crippen molar-refractivity contribution in [2.75, 3.05) is 0 Å². The predicted molar refractivity (Wildman–Crippen MR) is 74.8 cm³/mol. The van der Waals surface area contributed by atoms with Crippen LogP contribution in [0.5, 0.6) is 0 Å². The molecule has 1 nitrogen and oxygen atoms in total. The SMILES string of the molecule is CCc1csc(C(C)Cc2ccc(C)cc2)n1. The second kappa shape index (κ2) is 5.46. The maximum Gasteiger partial charge on any atom is 0.0959 e. The largest absolute Gasteiger partial charge is 0.246 e. The number of nitrogens with zero attached hydrogens (tertiary/aromatic N) is 1. The van der Waals surface area contributed by atoms with Crippen molar-refractivity contribution in [1.29, 1.82) is 0 Å². The van der Waals surface area contributed by atoms with Crippen molar-refractivity contribution in [2.24, 2.45) is 0 Å². The van der Waals surface area contributed by atoms with Gasteiger partial charge in [0.25, 0.3) is 0 Å². The van der Waals surface area contributed by atoms with Crippen LogP contribution in [0.2, 0.25) is 0 Å². The monoisotopic (exact) mass is 245 g/mol. The van der Waals surface area contributed by atoms with E-state index in [9.17, 15) is 0 Å². The molecule has 0 spiro atoms. The van der Waals surface area contributed by atoms with Crippen molar-refractivity contribution in [3.8, 4) is 0 Å². The van der Waals surface area contributed by atoms with Gasteiger partial charge in [-0.25, -0.2) is 4.98 Å². The van der Waals surface area contributed by atoms with Gasteiger partial charge < -0.3 is 0 Å². The Kier molecular flexibility index (Phi) is 3.95. The molecular weight excluding hydrogens is 226 g/mol. The summed E-state index contributed by atoms with van der Waals surface area (Å²) in [5.41, 5.74) is 3.95. The Morgan fingerprint density at radius 1 is 1.24 bits per heavy atom. The summed E-state index contributed by atoms with van der Waals surface area (Å²) in [6.45, 7) is 6.54. The van der Waals surface area contributed by atoms with Crippen LogP contribution in [0, 0.1) is 6.92 Å². The van der Waals surface area contributed by atoms with Gasteiger partial charge in [-0.05, 0) is 25.3 Å². The molecule has 1 unspecified atom stereocenters. The molecule has 0 saturated heterocycles. The lowest BCUT2D eigenvalue weighted by molar-refractivity contribution is 0.746. The standard InChI is InChI=1S/C15H19NS/c1-4-14-10-17-15(16-14)12(3)9-13-7-5-11(2)6-8-13/h5-8,10,12H,4,9H2,1-3H3. The minimum atomic E-state index is 0.517. The van der Waals surface area contributed by atoms with Crippen LogP contribution in [0.15, 0.2) is 29.6 Å². The molecule has 1 atom stereocenters. The van der Waals surface area contributed by atoms with Crippen molar-refractivity contribution in [1.82, 2.24) is 4.98 Å². The smallest absolute Gasteiger partial charge is 0.0959 e. The van der Waals surface area contributed by atoms with Gasteiger partial charge in [0.15, 0.2) is 0 Å². The number of hydrogen-bond donors (Lipinski definition) is 0. The van der Waals surface area contributed by atoms with E-state index in [1.54, 1.807) is 11.3 Å². The van der Waals surface area contributed by atoms with Gasteiger partial charge in [0.1, 0.15) is 0 Å². The zero-order chi connectivity index (χ0) is 12.3. The lowest BCUT2D eigenvalue weighted by Gasteiger charge is -2.08. The van der Waals surface area contributed by atoms with Gasteiger partial charge in [-0.2, -0.15) is 0 Å². The molecule has 2 aromatic rings. The summed E-state index contributed by atoms with van der Waals surface area (Å²) in [5, 5.41) is 3.45. The normalized spacial score (nSPS) is 12.6. The van der Waals surface area contributed by atoms with Crippen molar-refractivity contribution >= 4 is 11.3 Å². The molecule has 0 fully saturated rings. The number of benzene rings is 1. The number of hydrogen-bond acceptors (Lipinski definition) is 2. The Morgan fingerprint density at radius 2 is 1.94 bits per heavy atom. The Labute approximate surface area is 108 Å². The average Bonchev–Trinajstić information content (AvgIpc) is 2.81. The van der Waals surface area contributed by atoms with Crippen LogP contribution in [0.1, 0.15) is 41.6 Å². The Morgan fingerprint density at radius 3 is 2.53 bits per heavy atom. The fourth-order valence-corrected chi connectivity index (χ4v) is 2.84. The molecule has 1 aromatic heterocycles. The van der Waals surface area contributed by atoms with Gasteiger partial charge in [-0.3, -0.25) is 0 Å². The van der Waals surface area contributed by atoms with Crippen LogP contribution in [0.25, 0.3) is 0 Å². The van der Waals surface area contributed by atoms with Crippen LogP contribution in [-0.4, -0.2) is 4.98 Å². The van der Waals surface area contributed by atoms with Crippen molar-refractivity contribution < 1.29 is 0 Å². The quantitative estimate of drug-likeness (QED) is 0.780. The lowest BCUT2D eigenvalue weighted by atomic mass is 10.0. The van der Waals surface area contributed by atoms with E-state index in [0.717, 1.165) is 12.8 Å². The molecule has 1 aromatic carbocycles. The molecule has 0 radical (unpaired) electrons. The van der Waals surface area contributed by atoms with E-state index in [4.69, 9.17) is 0 Å². The molecule has 0 bridgehead atoms. The third-order valence-electron chi connectivity index (χ3n) is 3.02. The molecule has 0 saturated carbocycles. The Bertz CT molecular complexity index is 470. The molecule has 1 heterocycles. The predicted octanol–water partition coefficient (Wildman–Crippen LogP) is 4.36. The first-order valence-electron chi connectivity index (χ1n) is 6.19. The fraction of sp³-hybridized carbons (Fsp3) is 0.400. The Balaban J connectivity index is 2.05. The summed E-state index contributed by atoms with van der Waals surface area (Å²) >= 11 is 1.79. The third kappa shape index (κ3) is 3.16. The van der Waals surface area contributed by atoms with E-state index in [0.29, 0.717) is 5.92 Å². The molecule has 2 heteroatoms. The lowest BCUT2D eigenvalue weighted by Crippen LogP contribution is -1.98. The topological polar surface area (TPSA) is 12.9 Å². The summed E-state index contributed by atoms with van der Waals surface area (Å²) in [7, 11) is 0. The van der Waals surface area contributed by atoms with Crippen LogP contribution in [0.4, 0.5) is 0 Å². The fourth-order valence-electron chi connectivity index (χ4n) is 1.88. The molecule has 0 aliphatic rings. The Hall–Kier alpha value is -1.15. The highest BCUT2D eigenvalue weighted by Crippen LogP contribution is 2.24.